The second-order valence-corrected chi connectivity index (χ2v) is 5.01. The monoisotopic (exact) mass is 297 g/mol. The van der Waals surface area contributed by atoms with Crippen molar-refractivity contribution in [2.45, 2.75) is 33.2 Å². The van der Waals surface area contributed by atoms with Crippen molar-refractivity contribution in [1.29, 1.82) is 0 Å². The summed E-state index contributed by atoms with van der Waals surface area (Å²) < 4.78 is 0. The Labute approximate surface area is 124 Å². The van der Waals surface area contributed by atoms with Crippen LogP contribution < -0.4 is 16.0 Å². The standard InChI is InChI=1S/C14H20ClN3O2/c1-4-7-16-13(19)10(3)17-14(20)18-12-8-11(15)6-5-9(12)2/h5-6,8,10H,4,7H2,1-3H3,(H,16,19)(H2,17,18,20). The maximum Gasteiger partial charge on any atom is 0.319 e. The van der Waals surface area contributed by atoms with Crippen LogP contribution in [0.1, 0.15) is 25.8 Å². The maximum absolute atomic E-state index is 11.8. The highest BCUT2D eigenvalue weighted by molar-refractivity contribution is 6.31. The Kier molecular flexibility index (Phi) is 6.31. The Morgan fingerprint density at radius 2 is 2.05 bits per heavy atom. The van der Waals surface area contributed by atoms with Crippen LogP contribution in [-0.4, -0.2) is 24.5 Å². The molecular weight excluding hydrogens is 278 g/mol. The van der Waals surface area contributed by atoms with E-state index in [1.807, 2.05) is 19.9 Å². The number of hydrogen-bond donors (Lipinski definition) is 3. The fourth-order valence-corrected chi connectivity index (χ4v) is 1.72. The van der Waals surface area contributed by atoms with Gasteiger partial charge in [0.05, 0.1) is 0 Å². The van der Waals surface area contributed by atoms with Crippen molar-refractivity contribution in [3.05, 3.63) is 28.8 Å². The number of benzene rings is 1. The summed E-state index contributed by atoms with van der Waals surface area (Å²) in [7, 11) is 0. The molecule has 0 fully saturated rings. The quantitative estimate of drug-likeness (QED) is 0.782. The van der Waals surface area contributed by atoms with E-state index in [2.05, 4.69) is 16.0 Å². The Hall–Kier alpha value is -1.75. The third-order valence-corrected chi connectivity index (χ3v) is 2.97. The zero-order valence-electron chi connectivity index (χ0n) is 11.9. The molecule has 3 N–H and O–H groups in total. The number of amides is 3. The summed E-state index contributed by atoms with van der Waals surface area (Å²) >= 11 is 5.88. The molecule has 0 spiro atoms. The molecule has 0 bridgehead atoms. The minimum absolute atomic E-state index is 0.204. The van der Waals surface area contributed by atoms with Gasteiger partial charge in [0.2, 0.25) is 5.91 Å². The molecule has 1 atom stereocenters. The van der Waals surface area contributed by atoms with Crippen LogP contribution in [0.2, 0.25) is 5.02 Å². The Morgan fingerprint density at radius 1 is 1.35 bits per heavy atom. The summed E-state index contributed by atoms with van der Waals surface area (Å²) in [5.74, 6) is -0.204. The molecule has 1 rings (SSSR count). The molecule has 0 heterocycles. The molecule has 0 aromatic heterocycles. The summed E-state index contributed by atoms with van der Waals surface area (Å²) in [5, 5.41) is 8.52. The third kappa shape index (κ3) is 5.09. The van der Waals surface area contributed by atoms with Crippen LogP contribution in [0.25, 0.3) is 0 Å². The largest absolute Gasteiger partial charge is 0.354 e. The lowest BCUT2D eigenvalue weighted by Gasteiger charge is -2.15. The SMILES string of the molecule is CCCNC(=O)C(C)NC(=O)Nc1cc(Cl)ccc1C. The van der Waals surface area contributed by atoms with E-state index in [1.54, 1.807) is 19.1 Å². The van der Waals surface area contributed by atoms with E-state index < -0.39 is 12.1 Å². The van der Waals surface area contributed by atoms with E-state index >= 15 is 0 Å². The van der Waals surface area contributed by atoms with Crippen molar-refractivity contribution in [1.82, 2.24) is 10.6 Å². The van der Waals surface area contributed by atoms with Gasteiger partial charge in [-0.25, -0.2) is 4.79 Å². The molecule has 1 aromatic rings. The number of urea groups is 1. The van der Waals surface area contributed by atoms with E-state index in [-0.39, 0.29) is 5.91 Å². The first-order chi connectivity index (χ1) is 9.43. The molecule has 0 saturated heterocycles. The third-order valence-electron chi connectivity index (χ3n) is 2.74. The first-order valence-electron chi connectivity index (χ1n) is 6.55. The van der Waals surface area contributed by atoms with Crippen molar-refractivity contribution in [2.24, 2.45) is 0 Å². The van der Waals surface area contributed by atoms with Gasteiger partial charge in [-0.3, -0.25) is 4.79 Å². The molecule has 1 aromatic carbocycles. The topological polar surface area (TPSA) is 70.2 Å². The van der Waals surface area contributed by atoms with E-state index in [9.17, 15) is 9.59 Å². The highest BCUT2D eigenvalue weighted by Crippen LogP contribution is 2.19. The van der Waals surface area contributed by atoms with Crippen LogP contribution in [0.15, 0.2) is 18.2 Å². The molecule has 5 nitrogen and oxygen atoms in total. The van der Waals surface area contributed by atoms with Gasteiger partial charge in [-0.2, -0.15) is 0 Å². The van der Waals surface area contributed by atoms with Crippen molar-refractivity contribution in [2.75, 3.05) is 11.9 Å². The Bertz CT molecular complexity index is 491. The number of anilines is 1. The number of halogens is 1. The second kappa shape index (κ2) is 7.75. The number of nitrogens with one attached hydrogen (secondary N) is 3. The molecule has 110 valence electrons. The Balaban J connectivity index is 2.55. The molecule has 0 aliphatic rings. The number of aryl methyl sites for hydroxylation is 1. The van der Waals surface area contributed by atoms with E-state index in [0.29, 0.717) is 17.3 Å². The fraction of sp³-hybridized carbons (Fsp3) is 0.429. The van der Waals surface area contributed by atoms with Crippen LogP contribution in [0, 0.1) is 6.92 Å². The molecule has 0 aliphatic heterocycles. The minimum atomic E-state index is -0.596. The normalized spacial score (nSPS) is 11.6. The predicted molar refractivity (Wildman–Crippen MR) is 81.1 cm³/mol. The van der Waals surface area contributed by atoms with Gasteiger partial charge in [-0.05, 0) is 38.0 Å². The molecule has 3 amide bonds. The lowest BCUT2D eigenvalue weighted by atomic mass is 10.2. The minimum Gasteiger partial charge on any atom is -0.354 e. The fourth-order valence-electron chi connectivity index (χ4n) is 1.55. The molecular formula is C14H20ClN3O2. The van der Waals surface area contributed by atoms with Gasteiger partial charge in [0.15, 0.2) is 0 Å². The summed E-state index contributed by atoms with van der Waals surface area (Å²) in [4.78, 5) is 23.5. The van der Waals surface area contributed by atoms with Crippen LogP contribution in [0.5, 0.6) is 0 Å². The predicted octanol–water partition coefficient (Wildman–Crippen LogP) is 2.68. The van der Waals surface area contributed by atoms with Crippen LogP contribution >= 0.6 is 11.6 Å². The van der Waals surface area contributed by atoms with Gasteiger partial charge in [0, 0.05) is 17.3 Å². The zero-order valence-corrected chi connectivity index (χ0v) is 12.7. The highest BCUT2D eigenvalue weighted by Gasteiger charge is 2.15. The van der Waals surface area contributed by atoms with Crippen molar-refractivity contribution < 1.29 is 9.59 Å². The van der Waals surface area contributed by atoms with Crippen molar-refractivity contribution in [3.8, 4) is 0 Å². The number of carbonyl (C=O) groups is 2. The lowest BCUT2D eigenvalue weighted by Crippen LogP contribution is -2.46. The average Bonchev–Trinajstić information content (AvgIpc) is 2.40. The van der Waals surface area contributed by atoms with Crippen LogP contribution in [-0.2, 0) is 4.79 Å². The van der Waals surface area contributed by atoms with E-state index in [0.717, 1.165) is 12.0 Å². The van der Waals surface area contributed by atoms with Gasteiger partial charge in [0.25, 0.3) is 0 Å². The number of carbonyl (C=O) groups excluding carboxylic acids is 2. The van der Waals surface area contributed by atoms with Gasteiger partial charge in [-0.15, -0.1) is 0 Å². The highest BCUT2D eigenvalue weighted by atomic mass is 35.5. The number of hydrogen-bond acceptors (Lipinski definition) is 2. The van der Waals surface area contributed by atoms with Crippen molar-refractivity contribution in [3.63, 3.8) is 0 Å². The summed E-state index contributed by atoms with van der Waals surface area (Å²) in [5.41, 5.74) is 1.52. The van der Waals surface area contributed by atoms with Gasteiger partial charge in [0.1, 0.15) is 6.04 Å². The first-order valence-corrected chi connectivity index (χ1v) is 6.93. The van der Waals surface area contributed by atoms with Gasteiger partial charge < -0.3 is 16.0 Å². The summed E-state index contributed by atoms with van der Waals surface area (Å²) in [6.45, 7) is 6.06. The number of rotatable bonds is 5. The smallest absolute Gasteiger partial charge is 0.319 e. The molecule has 0 aliphatic carbocycles. The van der Waals surface area contributed by atoms with Crippen molar-refractivity contribution >= 4 is 29.2 Å². The van der Waals surface area contributed by atoms with Crippen LogP contribution in [0.3, 0.4) is 0 Å². The molecule has 1 unspecified atom stereocenters. The summed E-state index contributed by atoms with van der Waals surface area (Å²) in [6.07, 6.45) is 0.854. The molecule has 0 saturated carbocycles. The molecule has 0 radical (unpaired) electrons. The average molecular weight is 298 g/mol. The molecule has 6 heteroatoms. The van der Waals surface area contributed by atoms with Gasteiger partial charge >= 0.3 is 6.03 Å². The lowest BCUT2D eigenvalue weighted by molar-refractivity contribution is -0.122. The Morgan fingerprint density at radius 3 is 2.70 bits per heavy atom. The van der Waals surface area contributed by atoms with Gasteiger partial charge in [-0.1, -0.05) is 24.6 Å². The van der Waals surface area contributed by atoms with E-state index in [4.69, 9.17) is 11.6 Å². The zero-order chi connectivity index (χ0) is 15.1. The van der Waals surface area contributed by atoms with Crippen LogP contribution in [0.4, 0.5) is 10.5 Å². The maximum atomic E-state index is 11.8. The second-order valence-electron chi connectivity index (χ2n) is 4.57. The summed E-state index contributed by atoms with van der Waals surface area (Å²) in [6, 6.07) is 4.20. The molecule has 20 heavy (non-hydrogen) atoms. The van der Waals surface area contributed by atoms with E-state index in [1.165, 1.54) is 0 Å². The first kappa shape index (κ1) is 16.3.